The number of nitrogens with zero attached hydrogens (tertiary/aromatic N) is 3. The number of hydrogen-bond donors (Lipinski definition) is 0. The van der Waals surface area contributed by atoms with Gasteiger partial charge in [-0.25, -0.2) is 8.42 Å². The zero-order chi connectivity index (χ0) is 21.8. The third-order valence-electron chi connectivity index (χ3n) is 6.36. The number of likely N-dealkylation sites (tertiary alicyclic amines) is 1. The van der Waals surface area contributed by atoms with Crippen molar-refractivity contribution in [3.05, 3.63) is 65.7 Å². The summed E-state index contributed by atoms with van der Waals surface area (Å²) < 4.78 is 25.7. The van der Waals surface area contributed by atoms with E-state index in [9.17, 15) is 13.2 Å². The van der Waals surface area contributed by atoms with Crippen LogP contribution in [0.3, 0.4) is 0 Å². The Morgan fingerprint density at radius 3 is 2.42 bits per heavy atom. The van der Waals surface area contributed by atoms with Crippen LogP contribution in [0.5, 0.6) is 0 Å². The van der Waals surface area contributed by atoms with Crippen molar-refractivity contribution in [1.29, 1.82) is 0 Å². The van der Waals surface area contributed by atoms with Crippen molar-refractivity contribution in [1.82, 2.24) is 14.7 Å². The molecule has 2 aliphatic heterocycles. The molecule has 2 aromatic carbocycles. The first-order valence-corrected chi connectivity index (χ1v) is 12.7. The molecule has 2 saturated heterocycles. The first kappa shape index (κ1) is 22.0. The normalized spacial score (nSPS) is 21.2. The van der Waals surface area contributed by atoms with Crippen LogP contribution in [0.4, 0.5) is 0 Å². The zero-order valence-corrected chi connectivity index (χ0v) is 18.9. The molecule has 2 heterocycles. The first-order chi connectivity index (χ1) is 14.9. The first-order valence-electron chi connectivity index (χ1n) is 11.0. The van der Waals surface area contributed by atoms with Gasteiger partial charge in [0.05, 0.1) is 10.6 Å². The summed E-state index contributed by atoms with van der Waals surface area (Å²) in [4.78, 5) is 20.0. The quantitative estimate of drug-likeness (QED) is 0.714. The Hall–Kier alpha value is -2.22. The lowest BCUT2D eigenvalue weighted by Gasteiger charge is -2.42. The van der Waals surface area contributed by atoms with Crippen molar-refractivity contribution in [2.24, 2.45) is 0 Å². The molecule has 0 saturated carbocycles. The molecule has 1 unspecified atom stereocenters. The van der Waals surface area contributed by atoms with Crippen LogP contribution < -0.4 is 0 Å². The number of benzene rings is 2. The lowest BCUT2D eigenvalue weighted by molar-refractivity contribution is 0.0452. The molecular formula is C24H31N3O3S. The van der Waals surface area contributed by atoms with Gasteiger partial charge in [0.2, 0.25) is 0 Å². The number of amides is 1. The van der Waals surface area contributed by atoms with Crippen LogP contribution in [0.2, 0.25) is 0 Å². The second-order valence-corrected chi connectivity index (χ2v) is 10.6. The van der Waals surface area contributed by atoms with E-state index in [1.165, 1.54) is 25.5 Å². The molecule has 0 spiro atoms. The highest BCUT2D eigenvalue weighted by Crippen LogP contribution is 2.21. The smallest absolute Gasteiger partial charge is 0.253 e. The van der Waals surface area contributed by atoms with E-state index < -0.39 is 9.84 Å². The van der Waals surface area contributed by atoms with Crippen molar-refractivity contribution < 1.29 is 13.2 Å². The molecule has 2 fully saturated rings. The van der Waals surface area contributed by atoms with Gasteiger partial charge in [-0.05, 0) is 50.2 Å². The van der Waals surface area contributed by atoms with Crippen LogP contribution in [0.25, 0.3) is 0 Å². The number of carbonyl (C=O) groups is 1. The molecule has 166 valence electrons. The highest BCUT2D eigenvalue weighted by molar-refractivity contribution is 7.90. The van der Waals surface area contributed by atoms with Crippen LogP contribution in [0.1, 0.15) is 28.8 Å². The van der Waals surface area contributed by atoms with Crippen LogP contribution in [0.15, 0.2) is 59.5 Å². The minimum absolute atomic E-state index is 0.0695. The molecule has 2 aromatic rings. The number of piperidine rings is 1. The molecule has 6 nitrogen and oxygen atoms in total. The summed E-state index contributed by atoms with van der Waals surface area (Å²) in [5, 5.41) is 0. The predicted molar refractivity (Wildman–Crippen MR) is 122 cm³/mol. The third kappa shape index (κ3) is 5.34. The second-order valence-electron chi connectivity index (χ2n) is 8.66. The Bertz CT molecular complexity index is 1000. The van der Waals surface area contributed by atoms with Crippen molar-refractivity contribution in [3.8, 4) is 0 Å². The van der Waals surface area contributed by atoms with Gasteiger partial charge >= 0.3 is 0 Å². The number of sulfone groups is 1. The number of piperazine rings is 1. The zero-order valence-electron chi connectivity index (χ0n) is 18.1. The maximum Gasteiger partial charge on any atom is 0.253 e. The van der Waals surface area contributed by atoms with Gasteiger partial charge in [-0.3, -0.25) is 9.69 Å². The molecule has 4 rings (SSSR count). The van der Waals surface area contributed by atoms with E-state index in [4.69, 9.17) is 0 Å². The lowest BCUT2D eigenvalue weighted by Crippen LogP contribution is -2.55. The van der Waals surface area contributed by atoms with Crippen molar-refractivity contribution in [2.45, 2.75) is 29.5 Å². The summed E-state index contributed by atoms with van der Waals surface area (Å²) in [7, 11) is -1.34. The summed E-state index contributed by atoms with van der Waals surface area (Å²) in [6.07, 6.45) is 2.45. The topological polar surface area (TPSA) is 60.9 Å². The molecule has 1 atom stereocenters. The van der Waals surface area contributed by atoms with Crippen molar-refractivity contribution in [2.75, 3.05) is 46.3 Å². The van der Waals surface area contributed by atoms with Gasteiger partial charge in [0, 0.05) is 44.3 Å². The average molecular weight is 442 g/mol. The Kier molecular flexibility index (Phi) is 6.74. The van der Waals surface area contributed by atoms with Gasteiger partial charge in [-0.1, -0.05) is 36.4 Å². The van der Waals surface area contributed by atoms with E-state index in [-0.39, 0.29) is 16.6 Å². The minimum Gasteiger partial charge on any atom is -0.336 e. The molecule has 0 radical (unpaired) electrons. The van der Waals surface area contributed by atoms with Gasteiger partial charge < -0.3 is 9.80 Å². The van der Waals surface area contributed by atoms with Crippen LogP contribution in [-0.2, 0) is 15.6 Å². The number of hydrogen-bond acceptors (Lipinski definition) is 5. The van der Waals surface area contributed by atoms with E-state index in [1.54, 1.807) is 30.3 Å². The molecule has 1 amide bonds. The Labute approximate surface area is 185 Å². The van der Waals surface area contributed by atoms with Crippen LogP contribution in [-0.4, -0.2) is 81.4 Å². The highest BCUT2D eigenvalue weighted by Gasteiger charge is 2.29. The third-order valence-corrected chi connectivity index (χ3v) is 8.04. The van der Waals surface area contributed by atoms with E-state index in [1.807, 2.05) is 23.1 Å². The van der Waals surface area contributed by atoms with Gasteiger partial charge in [-0.2, -0.15) is 0 Å². The van der Waals surface area contributed by atoms with Crippen molar-refractivity contribution in [3.63, 3.8) is 0 Å². The van der Waals surface area contributed by atoms with E-state index in [0.29, 0.717) is 24.7 Å². The van der Waals surface area contributed by atoms with Gasteiger partial charge in [0.1, 0.15) is 0 Å². The fourth-order valence-electron chi connectivity index (χ4n) is 4.61. The summed E-state index contributed by atoms with van der Waals surface area (Å²) in [6.45, 7) is 5.36. The lowest BCUT2D eigenvalue weighted by atomic mass is 10.0. The second kappa shape index (κ2) is 9.51. The highest BCUT2D eigenvalue weighted by atomic mass is 32.2. The molecule has 0 N–H and O–H groups in total. The fourth-order valence-corrected chi connectivity index (χ4v) is 6.00. The Balaban J connectivity index is 1.40. The molecule has 31 heavy (non-hydrogen) atoms. The minimum atomic E-state index is -3.51. The van der Waals surface area contributed by atoms with Gasteiger partial charge in [0.15, 0.2) is 9.84 Å². The summed E-state index contributed by atoms with van der Waals surface area (Å²) in [6, 6.07) is 16.2. The number of likely N-dealkylation sites (N-methyl/N-ethyl adjacent to an activating group) is 1. The Morgan fingerprint density at radius 2 is 1.71 bits per heavy atom. The predicted octanol–water partition coefficient (Wildman–Crippen LogP) is 2.51. The van der Waals surface area contributed by atoms with Crippen LogP contribution >= 0.6 is 0 Å². The summed E-state index contributed by atoms with van der Waals surface area (Å²) in [5.41, 5.74) is 1.18. The maximum atomic E-state index is 13.1. The molecule has 2 aliphatic rings. The van der Waals surface area contributed by atoms with Gasteiger partial charge in [-0.15, -0.1) is 0 Å². The molecule has 7 heteroatoms. The Morgan fingerprint density at radius 1 is 0.968 bits per heavy atom. The monoisotopic (exact) mass is 441 g/mol. The maximum absolute atomic E-state index is 13.1. The van der Waals surface area contributed by atoms with E-state index in [2.05, 4.69) is 16.8 Å². The van der Waals surface area contributed by atoms with E-state index in [0.717, 1.165) is 25.2 Å². The average Bonchev–Trinajstić information content (AvgIpc) is 2.79. The molecule has 0 bridgehead atoms. The van der Waals surface area contributed by atoms with Gasteiger partial charge in [0.25, 0.3) is 5.91 Å². The largest absolute Gasteiger partial charge is 0.336 e. The van der Waals surface area contributed by atoms with Crippen LogP contribution in [0, 0.1) is 0 Å². The SMILES string of the molecule is CN1CCCC(N2CCN(C(=O)c3cccc(S(=O)(=O)Cc4ccccc4)c3)CC2)C1. The fraction of sp³-hybridized carbons (Fsp3) is 0.458. The van der Waals surface area contributed by atoms with E-state index >= 15 is 0 Å². The molecular weight excluding hydrogens is 410 g/mol. The van der Waals surface area contributed by atoms with Crippen molar-refractivity contribution >= 4 is 15.7 Å². The molecule has 0 aromatic heterocycles. The summed E-state index contributed by atoms with van der Waals surface area (Å²) in [5.74, 6) is -0.155. The molecule has 0 aliphatic carbocycles. The number of carbonyl (C=O) groups excluding carboxylic acids is 1. The number of rotatable bonds is 5. The standard InChI is InChI=1S/C24H31N3O3S/c1-25-12-6-10-22(18-25)26-13-15-27(16-14-26)24(28)21-9-5-11-23(17-21)31(29,30)19-20-7-3-2-4-8-20/h2-5,7-9,11,17,22H,6,10,12-16,18-19H2,1H3. The summed E-state index contributed by atoms with van der Waals surface area (Å²) >= 11 is 0.